The van der Waals surface area contributed by atoms with Crippen LogP contribution in [0, 0.1) is 5.82 Å². The van der Waals surface area contributed by atoms with Gasteiger partial charge in [0.1, 0.15) is 22.8 Å². The van der Waals surface area contributed by atoms with Gasteiger partial charge in [-0.25, -0.2) is 14.4 Å². The summed E-state index contributed by atoms with van der Waals surface area (Å²) in [5.41, 5.74) is 1.84. The molecule has 0 fully saturated rings. The normalized spacial score (nSPS) is 10.8. The molecule has 0 atom stereocenters. The average Bonchev–Trinajstić information content (AvgIpc) is 3.04. The lowest BCUT2D eigenvalue weighted by Gasteiger charge is -2.19. The van der Waals surface area contributed by atoms with Gasteiger partial charge in [-0.2, -0.15) is 0 Å². The van der Waals surface area contributed by atoms with E-state index in [0.29, 0.717) is 12.4 Å². The molecule has 3 rings (SSSR count). The third kappa shape index (κ3) is 3.76. The predicted molar refractivity (Wildman–Crippen MR) is 99.4 cm³/mol. The van der Waals surface area contributed by atoms with Gasteiger partial charge in [0, 0.05) is 24.5 Å². The average molecular weight is 358 g/mol. The van der Waals surface area contributed by atoms with Crippen molar-refractivity contribution in [2.45, 2.75) is 13.3 Å². The van der Waals surface area contributed by atoms with E-state index in [0.717, 1.165) is 27.8 Å². The van der Waals surface area contributed by atoms with Crippen molar-refractivity contribution in [3.8, 4) is 11.1 Å². The maximum absolute atomic E-state index is 13.2. The Bertz CT molecular complexity index is 878. The fourth-order valence-electron chi connectivity index (χ4n) is 2.60. The summed E-state index contributed by atoms with van der Waals surface area (Å²) in [4.78, 5) is 23.4. The highest BCUT2D eigenvalue weighted by molar-refractivity contribution is 7.17. The number of hydrogen-bond donors (Lipinski definition) is 1. The van der Waals surface area contributed by atoms with E-state index < -0.39 is 0 Å². The van der Waals surface area contributed by atoms with Crippen LogP contribution in [-0.2, 0) is 4.79 Å². The van der Waals surface area contributed by atoms with Crippen molar-refractivity contribution in [1.29, 1.82) is 0 Å². The molecule has 2 aromatic heterocycles. The molecule has 0 aliphatic rings. The van der Waals surface area contributed by atoms with E-state index in [1.54, 1.807) is 12.1 Å². The minimum Gasteiger partial charge on any atom is -0.355 e. The molecule has 5 nitrogen and oxygen atoms in total. The first-order valence-electron chi connectivity index (χ1n) is 8.06. The lowest BCUT2D eigenvalue weighted by atomic mass is 10.1. The Morgan fingerprint density at radius 3 is 2.76 bits per heavy atom. The smallest absolute Gasteiger partial charge is 0.239 e. The Kier molecular flexibility index (Phi) is 5.23. The number of nitrogens with zero attached hydrogens (tertiary/aromatic N) is 3. The van der Waals surface area contributed by atoms with Crippen LogP contribution in [0.1, 0.15) is 13.3 Å². The van der Waals surface area contributed by atoms with Crippen molar-refractivity contribution in [2.24, 2.45) is 0 Å². The summed E-state index contributed by atoms with van der Waals surface area (Å²) in [7, 11) is 1.83. The van der Waals surface area contributed by atoms with Gasteiger partial charge < -0.3 is 10.2 Å². The number of fused-ring (bicyclic) bond motifs is 1. The number of rotatable bonds is 6. The SMILES string of the molecule is CCCNC(=O)CN(C)c1ncnc2scc(-c3ccc(F)cc3)c12. The van der Waals surface area contributed by atoms with E-state index >= 15 is 0 Å². The number of halogens is 1. The minimum atomic E-state index is -0.274. The third-order valence-corrected chi connectivity index (χ3v) is 4.71. The molecule has 0 unspecified atom stereocenters. The van der Waals surface area contributed by atoms with Gasteiger partial charge in [0.25, 0.3) is 0 Å². The number of nitrogens with one attached hydrogen (secondary N) is 1. The maximum Gasteiger partial charge on any atom is 0.239 e. The Hall–Kier alpha value is -2.54. The molecule has 0 radical (unpaired) electrons. The molecular formula is C18H19FN4OS. The van der Waals surface area contributed by atoms with Gasteiger partial charge in [-0.1, -0.05) is 19.1 Å². The summed E-state index contributed by atoms with van der Waals surface area (Å²) < 4.78 is 13.2. The third-order valence-electron chi connectivity index (χ3n) is 3.82. The van der Waals surface area contributed by atoms with E-state index in [2.05, 4.69) is 15.3 Å². The van der Waals surface area contributed by atoms with Gasteiger partial charge in [0.2, 0.25) is 5.91 Å². The molecule has 1 N–H and O–H groups in total. The molecule has 1 amide bonds. The molecule has 1 aromatic carbocycles. The van der Waals surface area contributed by atoms with Crippen LogP contribution in [0.3, 0.4) is 0 Å². The second-order valence-corrected chi connectivity index (χ2v) is 6.60. The number of aromatic nitrogens is 2. The van der Waals surface area contributed by atoms with E-state index in [1.807, 2.05) is 24.3 Å². The lowest BCUT2D eigenvalue weighted by Crippen LogP contribution is -2.35. The van der Waals surface area contributed by atoms with Crippen LogP contribution in [0.4, 0.5) is 10.2 Å². The monoisotopic (exact) mass is 358 g/mol. The Labute approximate surface area is 149 Å². The molecule has 0 saturated carbocycles. The van der Waals surface area contributed by atoms with E-state index in [-0.39, 0.29) is 18.3 Å². The highest BCUT2D eigenvalue weighted by atomic mass is 32.1. The van der Waals surface area contributed by atoms with Crippen LogP contribution in [0.25, 0.3) is 21.3 Å². The zero-order valence-electron chi connectivity index (χ0n) is 14.1. The van der Waals surface area contributed by atoms with Gasteiger partial charge in [-0.05, 0) is 24.1 Å². The Morgan fingerprint density at radius 2 is 2.04 bits per heavy atom. The van der Waals surface area contributed by atoms with Crippen LogP contribution in [0.5, 0.6) is 0 Å². The molecule has 0 aliphatic carbocycles. The van der Waals surface area contributed by atoms with E-state index in [4.69, 9.17) is 0 Å². The summed E-state index contributed by atoms with van der Waals surface area (Å²) in [6, 6.07) is 6.34. The molecule has 0 saturated heterocycles. The molecule has 130 valence electrons. The first-order valence-corrected chi connectivity index (χ1v) is 8.94. The Morgan fingerprint density at radius 1 is 1.28 bits per heavy atom. The number of benzene rings is 1. The molecule has 0 bridgehead atoms. The summed E-state index contributed by atoms with van der Waals surface area (Å²) in [6.07, 6.45) is 2.40. The molecule has 3 aromatic rings. The number of thiophene rings is 1. The summed E-state index contributed by atoms with van der Waals surface area (Å²) in [6.45, 7) is 2.88. The van der Waals surface area contributed by atoms with Crippen molar-refractivity contribution in [3.63, 3.8) is 0 Å². The minimum absolute atomic E-state index is 0.0466. The standard InChI is InChI=1S/C18H19FN4OS/c1-3-8-20-15(24)9-23(2)17-16-14(10-25-18(16)22-11-21-17)12-4-6-13(19)7-5-12/h4-7,10-11H,3,8-9H2,1-2H3,(H,20,24). The van der Waals surface area contributed by atoms with Crippen LogP contribution >= 0.6 is 11.3 Å². The molecule has 0 spiro atoms. The lowest BCUT2D eigenvalue weighted by molar-refractivity contribution is -0.119. The van der Waals surface area contributed by atoms with Crippen molar-refractivity contribution in [2.75, 3.05) is 25.0 Å². The Balaban J connectivity index is 1.97. The predicted octanol–water partition coefficient (Wildman–Crippen LogP) is 3.46. The molecule has 0 aliphatic heterocycles. The van der Waals surface area contributed by atoms with Crippen molar-refractivity contribution < 1.29 is 9.18 Å². The number of anilines is 1. The number of hydrogen-bond acceptors (Lipinski definition) is 5. The topological polar surface area (TPSA) is 58.1 Å². The second-order valence-electron chi connectivity index (χ2n) is 5.74. The summed E-state index contributed by atoms with van der Waals surface area (Å²) in [5.74, 6) is 0.372. The van der Waals surface area contributed by atoms with Gasteiger partial charge in [-0.3, -0.25) is 4.79 Å². The largest absolute Gasteiger partial charge is 0.355 e. The van der Waals surface area contributed by atoms with Crippen LogP contribution in [0.15, 0.2) is 36.0 Å². The zero-order chi connectivity index (χ0) is 17.8. The van der Waals surface area contributed by atoms with Crippen molar-refractivity contribution in [1.82, 2.24) is 15.3 Å². The molecule has 7 heteroatoms. The number of amides is 1. The van der Waals surface area contributed by atoms with E-state index in [1.165, 1.54) is 29.8 Å². The highest BCUT2D eigenvalue weighted by Gasteiger charge is 2.17. The van der Waals surface area contributed by atoms with Gasteiger partial charge >= 0.3 is 0 Å². The fraction of sp³-hybridized carbons (Fsp3) is 0.278. The number of carbonyl (C=O) groups excluding carboxylic acids is 1. The molecule has 2 heterocycles. The molecular weight excluding hydrogens is 339 g/mol. The zero-order valence-corrected chi connectivity index (χ0v) is 14.9. The number of carbonyl (C=O) groups is 1. The summed E-state index contributed by atoms with van der Waals surface area (Å²) in [5, 5.41) is 5.73. The van der Waals surface area contributed by atoms with Crippen LogP contribution in [0.2, 0.25) is 0 Å². The fourth-order valence-corrected chi connectivity index (χ4v) is 3.51. The quantitative estimate of drug-likeness (QED) is 0.733. The van der Waals surface area contributed by atoms with Gasteiger partial charge in [0.05, 0.1) is 11.9 Å². The molecule has 25 heavy (non-hydrogen) atoms. The van der Waals surface area contributed by atoms with E-state index in [9.17, 15) is 9.18 Å². The first kappa shape index (κ1) is 17.3. The first-order chi connectivity index (χ1) is 12.1. The second kappa shape index (κ2) is 7.57. The maximum atomic E-state index is 13.2. The van der Waals surface area contributed by atoms with Crippen LogP contribution < -0.4 is 10.2 Å². The van der Waals surface area contributed by atoms with Gasteiger partial charge in [0.15, 0.2) is 0 Å². The van der Waals surface area contributed by atoms with Gasteiger partial charge in [-0.15, -0.1) is 11.3 Å². The van der Waals surface area contributed by atoms with Crippen molar-refractivity contribution in [3.05, 3.63) is 41.8 Å². The van der Waals surface area contributed by atoms with Crippen molar-refractivity contribution >= 4 is 33.3 Å². The number of likely N-dealkylation sites (N-methyl/N-ethyl adjacent to an activating group) is 1. The van der Waals surface area contributed by atoms with Crippen LogP contribution in [-0.4, -0.2) is 36.0 Å². The summed E-state index contributed by atoms with van der Waals surface area (Å²) >= 11 is 1.51. The highest BCUT2D eigenvalue weighted by Crippen LogP contribution is 2.37.